The predicted molar refractivity (Wildman–Crippen MR) is 103 cm³/mol. The van der Waals surface area contributed by atoms with Gasteiger partial charge in [-0.2, -0.15) is 0 Å². The van der Waals surface area contributed by atoms with Crippen molar-refractivity contribution >= 4 is 41.8 Å². The van der Waals surface area contributed by atoms with E-state index in [1.54, 1.807) is 6.92 Å². The molecule has 23 heavy (non-hydrogen) atoms. The van der Waals surface area contributed by atoms with Crippen molar-refractivity contribution in [3.05, 3.63) is 0 Å². The van der Waals surface area contributed by atoms with Crippen molar-refractivity contribution in [3.8, 4) is 0 Å². The third-order valence-corrected chi connectivity index (χ3v) is 2.39. The van der Waals surface area contributed by atoms with Crippen molar-refractivity contribution in [2.75, 3.05) is 26.2 Å². The first-order valence-corrected chi connectivity index (χ1v) is 7.77. The highest BCUT2D eigenvalue weighted by atomic mass is 127. The van der Waals surface area contributed by atoms with Crippen LogP contribution in [0, 0.1) is 0 Å². The number of aliphatic imine (C=N–C) groups is 1. The van der Waals surface area contributed by atoms with Gasteiger partial charge < -0.3 is 20.7 Å². The minimum absolute atomic E-state index is 0. The second-order valence-electron chi connectivity index (χ2n) is 5.83. The molecule has 0 heterocycles. The maximum absolute atomic E-state index is 11.7. The van der Waals surface area contributed by atoms with Crippen LogP contribution in [-0.4, -0.2) is 49.6 Å². The largest absolute Gasteiger partial charge is 0.466 e. The molecule has 0 saturated heterocycles. The van der Waals surface area contributed by atoms with Gasteiger partial charge in [-0.1, -0.05) is 0 Å². The monoisotopic (exact) mass is 442 g/mol. The van der Waals surface area contributed by atoms with Crippen LogP contribution < -0.4 is 16.0 Å². The van der Waals surface area contributed by atoms with Crippen LogP contribution in [0.4, 0.5) is 0 Å². The minimum Gasteiger partial charge on any atom is -0.466 e. The Morgan fingerprint density at radius 2 is 1.78 bits per heavy atom. The molecule has 0 unspecified atom stereocenters. The fraction of sp³-hybridized carbons (Fsp3) is 0.800. The Morgan fingerprint density at radius 3 is 2.30 bits per heavy atom. The average molecular weight is 442 g/mol. The van der Waals surface area contributed by atoms with Gasteiger partial charge in [-0.15, -0.1) is 24.0 Å². The van der Waals surface area contributed by atoms with Crippen LogP contribution in [-0.2, 0) is 14.3 Å². The SMILES string of the molecule is CCNC(=NCC(=O)NC(C)(C)C)NCCCC(=O)OCC.I. The second kappa shape index (κ2) is 13.4. The molecule has 0 bridgehead atoms. The Kier molecular flexibility index (Phi) is 14.1. The summed E-state index contributed by atoms with van der Waals surface area (Å²) in [7, 11) is 0. The van der Waals surface area contributed by atoms with Crippen molar-refractivity contribution in [1.29, 1.82) is 0 Å². The van der Waals surface area contributed by atoms with E-state index in [0.717, 1.165) is 0 Å². The number of nitrogens with one attached hydrogen (secondary N) is 3. The number of rotatable bonds is 8. The maximum Gasteiger partial charge on any atom is 0.305 e. The summed E-state index contributed by atoms with van der Waals surface area (Å²) in [6.07, 6.45) is 1.02. The zero-order valence-electron chi connectivity index (χ0n) is 14.8. The average Bonchev–Trinajstić information content (AvgIpc) is 2.39. The molecular weight excluding hydrogens is 411 g/mol. The molecule has 0 aromatic carbocycles. The summed E-state index contributed by atoms with van der Waals surface area (Å²) >= 11 is 0. The fourth-order valence-corrected chi connectivity index (χ4v) is 1.62. The third kappa shape index (κ3) is 15.6. The molecule has 0 fully saturated rings. The Labute approximate surface area is 156 Å². The van der Waals surface area contributed by atoms with Crippen LogP contribution in [0.15, 0.2) is 4.99 Å². The normalized spacial score (nSPS) is 11.3. The molecule has 3 N–H and O–H groups in total. The van der Waals surface area contributed by atoms with Crippen molar-refractivity contribution in [3.63, 3.8) is 0 Å². The van der Waals surface area contributed by atoms with E-state index in [1.807, 2.05) is 27.7 Å². The topological polar surface area (TPSA) is 91.8 Å². The molecule has 8 heteroatoms. The standard InChI is InChI=1S/C15H30N4O3.HI/c1-6-16-14(17-10-8-9-13(21)22-7-2)18-11-12(20)19-15(3,4)5;/h6-11H2,1-5H3,(H,19,20)(H2,16,17,18);1H. The minimum atomic E-state index is -0.266. The number of carbonyl (C=O) groups excluding carboxylic acids is 2. The first-order valence-electron chi connectivity index (χ1n) is 7.77. The van der Waals surface area contributed by atoms with Gasteiger partial charge in [-0.25, -0.2) is 4.99 Å². The molecular formula is C15H31IN4O3. The summed E-state index contributed by atoms with van der Waals surface area (Å²) in [5.41, 5.74) is -0.266. The van der Waals surface area contributed by atoms with E-state index in [2.05, 4.69) is 20.9 Å². The van der Waals surface area contributed by atoms with Crippen molar-refractivity contribution in [2.45, 2.75) is 53.0 Å². The molecule has 0 atom stereocenters. The highest BCUT2D eigenvalue weighted by Crippen LogP contribution is 1.97. The summed E-state index contributed by atoms with van der Waals surface area (Å²) in [6, 6.07) is 0. The molecule has 0 saturated carbocycles. The van der Waals surface area contributed by atoms with Crippen molar-refractivity contribution in [1.82, 2.24) is 16.0 Å². The lowest BCUT2D eigenvalue weighted by Gasteiger charge is -2.20. The van der Waals surface area contributed by atoms with Gasteiger partial charge in [0.2, 0.25) is 5.91 Å². The van der Waals surface area contributed by atoms with E-state index >= 15 is 0 Å². The van der Waals surface area contributed by atoms with Crippen LogP contribution >= 0.6 is 24.0 Å². The maximum atomic E-state index is 11.7. The Balaban J connectivity index is 0. The number of esters is 1. The van der Waals surface area contributed by atoms with E-state index < -0.39 is 0 Å². The van der Waals surface area contributed by atoms with Crippen LogP contribution in [0.2, 0.25) is 0 Å². The molecule has 0 aliphatic heterocycles. The lowest BCUT2D eigenvalue weighted by molar-refractivity contribution is -0.143. The highest BCUT2D eigenvalue weighted by Gasteiger charge is 2.13. The lowest BCUT2D eigenvalue weighted by atomic mass is 10.1. The molecule has 0 spiro atoms. The summed E-state index contributed by atoms with van der Waals surface area (Å²) in [5, 5.41) is 8.99. The second-order valence-corrected chi connectivity index (χ2v) is 5.83. The Bertz CT molecular complexity index is 381. The first-order chi connectivity index (χ1) is 10.3. The van der Waals surface area contributed by atoms with Gasteiger partial charge in [-0.3, -0.25) is 9.59 Å². The first kappa shape index (κ1) is 24.2. The number of carbonyl (C=O) groups is 2. The summed E-state index contributed by atoms with van der Waals surface area (Å²) < 4.78 is 4.86. The Morgan fingerprint density at radius 1 is 1.13 bits per heavy atom. The van der Waals surface area contributed by atoms with Gasteiger partial charge >= 0.3 is 5.97 Å². The number of hydrogen-bond acceptors (Lipinski definition) is 4. The van der Waals surface area contributed by atoms with Crippen LogP contribution in [0.1, 0.15) is 47.5 Å². The fourth-order valence-electron chi connectivity index (χ4n) is 1.62. The van der Waals surface area contributed by atoms with Gasteiger partial charge in [0.05, 0.1) is 6.61 Å². The number of ether oxygens (including phenoxy) is 1. The summed E-state index contributed by atoms with van der Waals surface area (Å²) in [4.78, 5) is 27.2. The molecule has 1 amide bonds. The van der Waals surface area contributed by atoms with Gasteiger partial charge in [0.25, 0.3) is 0 Å². The van der Waals surface area contributed by atoms with Crippen molar-refractivity contribution < 1.29 is 14.3 Å². The van der Waals surface area contributed by atoms with E-state index in [0.29, 0.717) is 38.5 Å². The molecule has 0 aromatic rings. The van der Waals surface area contributed by atoms with E-state index in [9.17, 15) is 9.59 Å². The quantitative estimate of drug-likeness (QED) is 0.174. The predicted octanol–water partition coefficient (Wildman–Crippen LogP) is 1.42. The molecule has 7 nitrogen and oxygen atoms in total. The van der Waals surface area contributed by atoms with E-state index in [4.69, 9.17) is 4.74 Å². The number of guanidine groups is 1. The van der Waals surface area contributed by atoms with Gasteiger partial charge in [0.15, 0.2) is 5.96 Å². The molecule has 136 valence electrons. The molecule has 0 rings (SSSR count). The number of nitrogens with zero attached hydrogens (tertiary/aromatic N) is 1. The van der Waals surface area contributed by atoms with Crippen LogP contribution in [0.25, 0.3) is 0 Å². The zero-order chi connectivity index (χ0) is 17.0. The summed E-state index contributed by atoms with van der Waals surface area (Å²) in [6.45, 7) is 11.3. The molecule has 0 radical (unpaired) electrons. The van der Waals surface area contributed by atoms with Gasteiger partial charge in [0, 0.05) is 25.0 Å². The zero-order valence-corrected chi connectivity index (χ0v) is 17.2. The van der Waals surface area contributed by atoms with Crippen LogP contribution in [0.3, 0.4) is 0 Å². The summed E-state index contributed by atoms with van der Waals surface area (Å²) in [5.74, 6) is 0.238. The molecule has 0 aliphatic carbocycles. The smallest absolute Gasteiger partial charge is 0.305 e. The van der Waals surface area contributed by atoms with E-state index in [-0.39, 0.29) is 47.9 Å². The third-order valence-electron chi connectivity index (χ3n) is 2.39. The highest BCUT2D eigenvalue weighted by molar-refractivity contribution is 14.0. The number of halogens is 1. The molecule has 0 aliphatic rings. The van der Waals surface area contributed by atoms with E-state index in [1.165, 1.54) is 0 Å². The molecule has 0 aromatic heterocycles. The van der Waals surface area contributed by atoms with Crippen LogP contribution in [0.5, 0.6) is 0 Å². The lowest BCUT2D eigenvalue weighted by Crippen LogP contribution is -2.43. The van der Waals surface area contributed by atoms with Gasteiger partial charge in [-0.05, 0) is 41.0 Å². The number of hydrogen-bond donors (Lipinski definition) is 3. The van der Waals surface area contributed by atoms with Gasteiger partial charge in [0.1, 0.15) is 6.54 Å². The number of amides is 1. The Hall–Kier alpha value is -1.06. The van der Waals surface area contributed by atoms with Crippen molar-refractivity contribution in [2.24, 2.45) is 4.99 Å².